The van der Waals surface area contributed by atoms with Gasteiger partial charge in [0.25, 0.3) is 0 Å². The van der Waals surface area contributed by atoms with Gasteiger partial charge in [-0.15, -0.1) is 10.2 Å². The Morgan fingerprint density at radius 3 is 2.42 bits per heavy atom. The van der Waals surface area contributed by atoms with Crippen LogP contribution in [-0.4, -0.2) is 29.2 Å². The molecular weight excluding hydrogens is 346 g/mol. The number of fused-ring (bicyclic) bond motifs is 1. The van der Waals surface area contributed by atoms with Crippen LogP contribution in [0.3, 0.4) is 0 Å². The molecule has 0 unspecified atom stereocenters. The molecule has 0 saturated heterocycles. The molecule has 0 aliphatic rings. The van der Waals surface area contributed by atoms with Crippen LogP contribution in [0.5, 0.6) is 0 Å². The summed E-state index contributed by atoms with van der Waals surface area (Å²) < 4.78 is 24.8. The first kappa shape index (κ1) is 18.6. The fourth-order valence-electron chi connectivity index (χ4n) is 2.75. The molecule has 0 atom stereocenters. The van der Waals surface area contributed by atoms with E-state index in [1.54, 1.807) is 23.0 Å². The standard InChI is InChI=1S/C20H25N3O2S/c1-5-6-12-26(24,25)17-10-11-18-19(14-17)22-23(21-18)16-9-7-8-15(13-16)20(2,3)4/h7-11,13-14H,5-6,12H2,1-4H3. The van der Waals surface area contributed by atoms with Crippen molar-refractivity contribution in [2.75, 3.05) is 5.75 Å². The molecule has 3 rings (SSSR count). The number of benzene rings is 2. The van der Waals surface area contributed by atoms with E-state index in [0.29, 0.717) is 22.3 Å². The fourth-order valence-corrected chi connectivity index (χ4v) is 4.22. The summed E-state index contributed by atoms with van der Waals surface area (Å²) in [6, 6.07) is 13.1. The summed E-state index contributed by atoms with van der Waals surface area (Å²) in [4.78, 5) is 1.89. The summed E-state index contributed by atoms with van der Waals surface area (Å²) in [6.45, 7) is 8.46. The van der Waals surface area contributed by atoms with Crippen molar-refractivity contribution in [3.05, 3.63) is 48.0 Å². The molecule has 1 heterocycles. The van der Waals surface area contributed by atoms with E-state index in [0.717, 1.165) is 12.1 Å². The Hall–Kier alpha value is -2.21. The lowest BCUT2D eigenvalue weighted by atomic mass is 9.87. The largest absolute Gasteiger partial charge is 0.224 e. The summed E-state index contributed by atoms with van der Waals surface area (Å²) in [5, 5.41) is 9.00. The van der Waals surface area contributed by atoms with Gasteiger partial charge in [0.1, 0.15) is 11.0 Å². The van der Waals surface area contributed by atoms with E-state index in [-0.39, 0.29) is 11.2 Å². The minimum atomic E-state index is -3.27. The Morgan fingerprint density at radius 2 is 1.73 bits per heavy atom. The molecule has 0 saturated carbocycles. The molecule has 0 amide bonds. The average molecular weight is 372 g/mol. The van der Waals surface area contributed by atoms with Crippen LogP contribution in [0.1, 0.15) is 46.1 Å². The molecule has 2 aromatic carbocycles. The van der Waals surface area contributed by atoms with Crippen LogP contribution in [0, 0.1) is 0 Å². The number of aromatic nitrogens is 3. The molecule has 0 fully saturated rings. The summed E-state index contributed by atoms with van der Waals surface area (Å²) in [6.07, 6.45) is 1.51. The average Bonchev–Trinajstić information content (AvgIpc) is 3.02. The minimum absolute atomic E-state index is 0.0309. The second-order valence-electron chi connectivity index (χ2n) is 7.61. The van der Waals surface area contributed by atoms with Crippen LogP contribution in [-0.2, 0) is 15.3 Å². The molecular formula is C20H25N3O2S. The zero-order valence-electron chi connectivity index (χ0n) is 15.7. The van der Waals surface area contributed by atoms with Crippen LogP contribution in [0.4, 0.5) is 0 Å². The van der Waals surface area contributed by atoms with Crippen molar-refractivity contribution in [2.24, 2.45) is 0 Å². The molecule has 1 aromatic heterocycles. The number of nitrogens with zero attached hydrogens (tertiary/aromatic N) is 3. The molecule has 0 aliphatic heterocycles. The van der Waals surface area contributed by atoms with Gasteiger partial charge < -0.3 is 0 Å². The highest BCUT2D eigenvalue weighted by atomic mass is 32.2. The summed E-state index contributed by atoms with van der Waals surface area (Å²) in [7, 11) is -3.27. The third-order valence-corrected chi connectivity index (χ3v) is 6.22. The molecule has 5 nitrogen and oxygen atoms in total. The Morgan fingerprint density at radius 1 is 1.00 bits per heavy atom. The smallest absolute Gasteiger partial charge is 0.178 e. The van der Waals surface area contributed by atoms with Crippen molar-refractivity contribution in [1.29, 1.82) is 0 Å². The maximum Gasteiger partial charge on any atom is 0.178 e. The third kappa shape index (κ3) is 3.80. The third-order valence-electron chi connectivity index (χ3n) is 4.42. The Kier molecular flexibility index (Phi) is 4.88. The van der Waals surface area contributed by atoms with Crippen molar-refractivity contribution in [3.8, 4) is 5.69 Å². The number of hydrogen-bond acceptors (Lipinski definition) is 4. The zero-order chi connectivity index (χ0) is 18.9. The zero-order valence-corrected chi connectivity index (χ0v) is 16.5. The van der Waals surface area contributed by atoms with E-state index in [1.807, 2.05) is 19.1 Å². The molecule has 138 valence electrons. The Bertz CT molecular complexity index is 1030. The molecule has 0 spiro atoms. The molecule has 0 aliphatic carbocycles. The number of rotatable bonds is 5. The van der Waals surface area contributed by atoms with Crippen LogP contribution in [0.25, 0.3) is 16.7 Å². The van der Waals surface area contributed by atoms with Crippen LogP contribution < -0.4 is 0 Å². The first-order valence-corrected chi connectivity index (χ1v) is 10.6. The lowest BCUT2D eigenvalue weighted by Crippen LogP contribution is -2.12. The van der Waals surface area contributed by atoms with Crippen molar-refractivity contribution >= 4 is 20.9 Å². The van der Waals surface area contributed by atoms with Gasteiger partial charge in [0, 0.05) is 0 Å². The monoisotopic (exact) mass is 371 g/mol. The number of sulfone groups is 1. The maximum atomic E-state index is 12.4. The molecule has 0 radical (unpaired) electrons. The van der Waals surface area contributed by atoms with Crippen molar-refractivity contribution in [1.82, 2.24) is 15.0 Å². The number of hydrogen-bond donors (Lipinski definition) is 0. The SMILES string of the molecule is CCCCS(=O)(=O)c1ccc2nn(-c3cccc(C(C)(C)C)c3)nc2c1. The Balaban J connectivity index is 2.01. The quantitative estimate of drug-likeness (QED) is 0.671. The van der Waals surface area contributed by atoms with E-state index in [1.165, 1.54) is 5.56 Å². The summed E-state index contributed by atoms with van der Waals surface area (Å²) >= 11 is 0. The second-order valence-corrected chi connectivity index (χ2v) is 9.72. The molecule has 6 heteroatoms. The van der Waals surface area contributed by atoms with Gasteiger partial charge in [0.2, 0.25) is 0 Å². The van der Waals surface area contributed by atoms with Gasteiger partial charge in [-0.1, -0.05) is 46.2 Å². The van der Waals surface area contributed by atoms with E-state index in [4.69, 9.17) is 0 Å². The summed E-state index contributed by atoms with van der Waals surface area (Å²) in [5.74, 6) is 0.163. The van der Waals surface area contributed by atoms with E-state index < -0.39 is 9.84 Å². The Labute approximate surface area is 155 Å². The highest BCUT2D eigenvalue weighted by Gasteiger charge is 2.17. The van der Waals surface area contributed by atoms with Crippen molar-refractivity contribution in [3.63, 3.8) is 0 Å². The highest BCUT2D eigenvalue weighted by Crippen LogP contribution is 2.25. The molecule has 3 aromatic rings. The highest BCUT2D eigenvalue weighted by molar-refractivity contribution is 7.91. The van der Waals surface area contributed by atoms with Gasteiger partial charge in [0.05, 0.1) is 16.3 Å². The number of unbranched alkanes of at least 4 members (excludes halogenated alkanes) is 1. The first-order chi connectivity index (χ1) is 12.2. The van der Waals surface area contributed by atoms with Crippen molar-refractivity contribution in [2.45, 2.75) is 50.8 Å². The predicted molar refractivity (Wildman–Crippen MR) is 105 cm³/mol. The van der Waals surface area contributed by atoms with Crippen LogP contribution >= 0.6 is 0 Å². The lowest BCUT2D eigenvalue weighted by molar-refractivity contribution is 0.588. The van der Waals surface area contributed by atoms with Gasteiger partial charge >= 0.3 is 0 Å². The van der Waals surface area contributed by atoms with Crippen LogP contribution in [0.2, 0.25) is 0 Å². The molecule has 0 bridgehead atoms. The lowest BCUT2D eigenvalue weighted by Gasteiger charge is -2.19. The van der Waals surface area contributed by atoms with Crippen molar-refractivity contribution < 1.29 is 8.42 Å². The van der Waals surface area contributed by atoms with Gasteiger partial charge in [-0.3, -0.25) is 0 Å². The maximum absolute atomic E-state index is 12.4. The first-order valence-electron chi connectivity index (χ1n) is 8.91. The van der Waals surface area contributed by atoms with E-state index >= 15 is 0 Å². The van der Waals surface area contributed by atoms with Gasteiger partial charge in [-0.05, 0) is 47.7 Å². The normalized spacial score (nSPS) is 12.6. The predicted octanol–water partition coefficient (Wildman–Crippen LogP) is 4.29. The van der Waals surface area contributed by atoms with Gasteiger partial charge in [0.15, 0.2) is 9.84 Å². The second kappa shape index (κ2) is 6.83. The summed E-state index contributed by atoms with van der Waals surface area (Å²) in [5.41, 5.74) is 3.36. The van der Waals surface area contributed by atoms with Crippen LogP contribution in [0.15, 0.2) is 47.4 Å². The van der Waals surface area contributed by atoms with Gasteiger partial charge in [-0.25, -0.2) is 8.42 Å². The van der Waals surface area contributed by atoms with Gasteiger partial charge in [-0.2, -0.15) is 4.80 Å². The van der Waals surface area contributed by atoms with E-state index in [9.17, 15) is 8.42 Å². The van der Waals surface area contributed by atoms with E-state index in [2.05, 4.69) is 43.1 Å². The molecule has 26 heavy (non-hydrogen) atoms. The fraction of sp³-hybridized carbons (Fsp3) is 0.400. The minimum Gasteiger partial charge on any atom is -0.224 e. The topological polar surface area (TPSA) is 64.8 Å². The molecule has 0 N–H and O–H groups in total.